The number of likely N-dealkylation sites (tertiary alicyclic amines) is 1. The average Bonchev–Trinajstić information content (AvgIpc) is 3.50. The first-order valence-corrected chi connectivity index (χ1v) is 12.6. The summed E-state index contributed by atoms with van der Waals surface area (Å²) in [6.07, 6.45) is 2.85. The van der Waals surface area contributed by atoms with Crippen LogP contribution >= 0.6 is 0 Å². The molecule has 1 aromatic rings. The minimum atomic E-state index is -1.76. The lowest BCUT2D eigenvalue weighted by atomic mass is 9.82. The average molecular weight is 485 g/mol. The maximum absolute atomic E-state index is 13.9. The van der Waals surface area contributed by atoms with E-state index >= 15 is 0 Å². The predicted octanol–water partition coefficient (Wildman–Crippen LogP) is 1.97. The third-order valence-electron chi connectivity index (χ3n) is 7.56. The molecule has 0 aliphatic carbocycles. The topological polar surface area (TPSA) is 102 Å². The van der Waals surface area contributed by atoms with E-state index < -0.39 is 35.1 Å². The van der Waals surface area contributed by atoms with E-state index in [-0.39, 0.29) is 38.2 Å². The Balaban J connectivity index is 1.30. The van der Waals surface area contributed by atoms with Gasteiger partial charge in [-0.1, -0.05) is 30.3 Å². The van der Waals surface area contributed by atoms with E-state index in [2.05, 4.69) is 0 Å². The summed E-state index contributed by atoms with van der Waals surface area (Å²) in [6, 6.07) is 9.10. The Bertz CT molecular complexity index is 977. The van der Waals surface area contributed by atoms with Gasteiger partial charge in [0, 0.05) is 26.0 Å². The Kier molecular flexibility index (Phi) is 7.00. The third kappa shape index (κ3) is 4.52. The molecule has 0 aromatic heterocycles. The van der Waals surface area contributed by atoms with Crippen LogP contribution in [0.1, 0.15) is 56.9 Å². The number of amides is 3. The van der Waals surface area contributed by atoms with Crippen LogP contribution in [0.3, 0.4) is 0 Å². The first-order chi connectivity index (χ1) is 17.0. The Morgan fingerprint density at radius 2 is 1.89 bits per heavy atom. The molecule has 4 heterocycles. The van der Waals surface area contributed by atoms with Crippen molar-refractivity contribution in [3.05, 3.63) is 35.9 Å². The molecular formula is C26H32N2O7. The zero-order valence-corrected chi connectivity index (χ0v) is 19.9. The first-order valence-electron chi connectivity index (χ1n) is 12.6. The lowest BCUT2D eigenvalue weighted by molar-refractivity contribution is -0.180. The van der Waals surface area contributed by atoms with Gasteiger partial charge in [0.2, 0.25) is 5.91 Å². The van der Waals surface area contributed by atoms with Crippen molar-refractivity contribution in [3.8, 4) is 0 Å². The van der Waals surface area contributed by atoms with E-state index in [1.54, 1.807) is 4.90 Å². The number of benzene rings is 1. The van der Waals surface area contributed by atoms with Crippen molar-refractivity contribution in [2.45, 2.75) is 81.9 Å². The molecule has 0 bridgehead atoms. The van der Waals surface area contributed by atoms with Crippen LogP contribution in [0.4, 0.5) is 0 Å². The van der Waals surface area contributed by atoms with Gasteiger partial charge >= 0.3 is 0 Å². The lowest BCUT2D eigenvalue weighted by Crippen LogP contribution is -2.69. The third-order valence-corrected chi connectivity index (χ3v) is 7.56. The van der Waals surface area contributed by atoms with Gasteiger partial charge in [0.15, 0.2) is 17.6 Å². The van der Waals surface area contributed by atoms with Crippen molar-refractivity contribution in [2.75, 3.05) is 19.8 Å². The number of hydrogen-bond acceptors (Lipinski definition) is 7. The molecule has 3 amide bonds. The van der Waals surface area contributed by atoms with Crippen molar-refractivity contribution >= 4 is 23.5 Å². The summed E-state index contributed by atoms with van der Waals surface area (Å²) < 4.78 is 17.3. The normalized spacial score (nSPS) is 31.2. The number of carbonyl (C=O) groups is 4. The van der Waals surface area contributed by atoms with Crippen LogP contribution in [0, 0.1) is 0 Å². The Morgan fingerprint density at radius 1 is 1.06 bits per heavy atom. The molecule has 0 radical (unpaired) electrons. The summed E-state index contributed by atoms with van der Waals surface area (Å²) in [6.45, 7) is 1.59. The molecule has 4 aliphatic rings. The fourth-order valence-corrected chi connectivity index (χ4v) is 5.67. The van der Waals surface area contributed by atoms with Gasteiger partial charge < -0.3 is 19.1 Å². The molecule has 0 N–H and O–H groups in total. The number of nitrogens with zero attached hydrogens (tertiary/aromatic N) is 2. The number of ketones is 1. The zero-order valence-electron chi connectivity index (χ0n) is 19.9. The highest BCUT2D eigenvalue weighted by molar-refractivity contribution is 6.22. The summed E-state index contributed by atoms with van der Waals surface area (Å²) in [7, 11) is 0. The van der Waals surface area contributed by atoms with E-state index in [0.29, 0.717) is 19.8 Å². The van der Waals surface area contributed by atoms with Gasteiger partial charge in [-0.15, -0.1) is 0 Å². The van der Waals surface area contributed by atoms with Crippen LogP contribution in [0.5, 0.6) is 0 Å². The van der Waals surface area contributed by atoms with E-state index in [4.69, 9.17) is 14.2 Å². The summed E-state index contributed by atoms with van der Waals surface area (Å²) in [4.78, 5) is 56.1. The predicted molar refractivity (Wildman–Crippen MR) is 123 cm³/mol. The molecule has 35 heavy (non-hydrogen) atoms. The van der Waals surface area contributed by atoms with Gasteiger partial charge in [-0.3, -0.25) is 24.1 Å². The number of carbonyl (C=O) groups excluding carboxylic acids is 4. The van der Waals surface area contributed by atoms with Crippen LogP contribution in [0.25, 0.3) is 0 Å². The second kappa shape index (κ2) is 10.2. The van der Waals surface area contributed by atoms with E-state index in [1.165, 1.54) is 0 Å². The quantitative estimate of drug-likeness (QED) is 0.431. The molecule has 2 unspecified atom stereocenters. The van der Waals surface area contributed by atoms with E-state index in [1.807, 2.05) is 30.3 Å². The minimum Gasteiger partial charge on any atom is -0.363 e. The summed E-state index contributed by atoms with van der Waals surface area (Å²) >= 11 is 0. The monoisotopic (exact) mass is 484 g/mol. The van der Waals surface area contributed by atoms with Gasteiger partial charge in [-0.05, 0) is 44.1 Å². The Morgan fingerprint density at radius 3 is 2.66 bits per heavy atom. The molecule has 0 saturated carbocycles. The molecule has 0 spiro atoms. The first kappa shape index (κ1) is 24.1. The molecule has 9 nitrogen and oxygen atoms in total. The standard InChI is InChI=1S/C26H32N2O7/c29-21-15-20(34-16-18-7-2-1-3-8-18)24(31)28-22(30)11-12-26(21,28)25(32)27-13-6-9-19(27)17-35-23-10-4-5-14-33-23/h1-3,7-8,19-20,23H,4-6,9-17H2/t19-,20?,23?,26+/m0/s1. The van der Waals surface area contributed by atoms with Crippen molar-refractivity contribution in [1.29, 1.82) is 0 Å². The zero-order chi connectivity index (χ0) is 24.4. The summed E-state index contributed by atoms with van der Waals surface area (Å²) in [5, 5.41) is 0. The highest BCUT2D eigenvalue weighted by atomic mass is 16.7. The highest BCUT2D eigenvalue weighted by Crippen LogP contribution is 2.40. The maximum atomic E-state index is 13.9. The smallest absolute Gasteiger partial charge is 0.260 e. The van der Waals surface area contributed by atoms with Gasteiger partial charge in [-0.25, -0.2) is 0 Å². The van der Waals surface area contributed by atoms with Crippen molar-refractivity contribution < 1.29 is 33.4 Å². The van der Waals surface area contributed by atoms with Gasteiger partial charge in [0.05, 0.1) is 19.3 Å². The van der Waals surface area contributed by atoms with E-state index in [9.17, 15) is 19.2 Å². The Hall–Kier alpha value is -2.62. The second-order valence-corrected chi connectivity index (χ2v) is 9.76. The van der Waals surface area contributed by atoms with Gasteiger partial charge in [0.1, 0.15) is 6.10 Å². The van der Waals surface area contributed by atoms with Gasteiger partial charge in [-0.2, -0.15) is 0 Å². The summed E-state index contributed by atoms with van der Waals surface area (Å²) in [5.74, 6) is -1.97. The molecule has 4 atom stereocenters. The Labute approximate surface area is 204 Å². The molecule has 9 heteroatoms. The van der Waals surface area contributed by atoms with Crippen LogP contribution in [-0.2, 0) is 40.0 Å². The van der Waals surface area contributed by atoms with Crippen molar-refractivity contribution in [2.24, 2.45) is 0 Å². The van der Waals surface area contributed by atoms with Crippen LogP contribution < -0.4 is 0 Å². The van der Waals surface area contributed by atoms with Gasteiger partial charge in [0.25, 0.3) is 11.8 Å². The van der Waals surface area contributed by atoms with Crippen molar-refractivity contribution in [1.82, 2.24) is 9.80 Å². The lowest BCUT2D eigenvalue weighted by Gasteiger charge is -2.43. The fourth-order valence-electron chi connectivity index (χ4n) is 5.67. The minimum absolute atomic E-state index is 0.0143. The number of ether oxygens (including phenoxy) is 3. The fraction of sp³-hybridized carbons (Fsp3) is 0.615. The van der Waals surface area contributed by atoms with E-state index in [0.717, 1.165) is 42.6 Å². The molecule has 4 saturated heterocycles. The number of rotatable bonds is 7. The molecule has 4 fully saturated rings. The molecule has 4 aliphatic heterocycles. The maximum Gasteiger partial charge on any atom is 0.260 e. The number of fused-ring (bicyclic) bond motifs is 1. The van der Waals surface area contributed by atoms with Crippen LogP contribution in [0.15, 0.2) is 30.3 Å². The summed E-state index contributed by atoms with van der Waals surface area (Å²) in [5.41, 5.74) is -0.902. The number of piperidine rings is 1. The molecular weight excluding hydrogens is 452 g/mol. The number of imide groups is 1. The largest absolute Gasteiger partial charge is 0.363 e. The molecule has 1 aromatic carbocycles. The highest BCUT2D eigenvalue weighted by Gasteiger charge is 2.64. The SMILES string of the molecule is O=C1CC[C@]2(C(=O)N3CCC[C@H]3COC3CCCCO3)C(=O)CC(OCc3ccccc3)C(=O)N12. The second-order valence-electron chi connectivity index (χ2n) is 9.76. The van der Waals surface area contributed by atoms with Crippen LogP contribution in [-0.4, -0.2) is 77.0 Å². The number of Topliss-reactive ketones (excluding diaryl/α,β-unsaturated/α-hetero) is 1. The molecule has 5 rings (SSSR count). The van der Waals surface area contributed by atoms with Crippen LogP contribution in [0.2, 0.25) is 0 Å². The van der Waals surface area contributed by atoms with Crippen molar-refractivity contribution in [3.63, 3.8) is 0 Å². The number of hydrogen-bond donors (Lipinski definition) is 0. The molecule has 188 valence electrons.